The Balaban J connectivity index is 1.62. The maximum atomic E-state index is 9.46. The quantitative estimate of drug-likeness (QED) is 0.722. The van der Waals surface area contributed by atoms with E-state index in [1.54, 1.807) is 12.1 Å². The Bertz CT molecular complexity index is 928. The molecule has 1 saturated heterocycles. The lowest BCUT2D eigenvalue weighted by Gasteiger charge is -2.15. The van der Waals surface area contributed by atoms with Gasteiger partial charge in [-0.05, 0) is 30.2 Å². The van der Waals surface area contributed by atoms with E-state index in [0.717, 1.165) is 25.2 Å². The summed E-state index contributed by atoms with van der Waals surface area (Å²) >= 11 is 6.04. The predicted octanol–water partition coefficient (Wildman–Crippen LogP) is 3.79. The van der Waals surface area contributed by atoms with Crippen LogP contribution in [0.1, 0.15) is 23.6 Å². The third-order valence-electron chi connectivity index (χ3n) is 4.50. The summed E-state index contributed by atoms with van der Waals surface area (Å²) in [6.07, 6.45) is 1.04. The summed E-state index contributed by atoms with van der Waals surface area (Å²) in [6, 6.07) is 19.9. The third-order valence-corrected chi connectivity index (χ3v) is 4.73. The molecule has 0 spiro atoms. The first-order valence-electron chi connectivity index (χ1n) is 8.18. The number of halogens is 1. The summed E-state index contributed by atoms with van der Waals surface area (Å²) in [5, 5.41) is 18.9. The maximum Gasteiger partial charge on any atom is 0.207 e. The molecule has 124 valence electrons. The van der Waals surface area contributed by atoms with Gasteiger partial charge in [-0.15, -0.1) is 15.0 Å². The van der Waals surface area contributed by atoms with Gasteiger partial charge in [0.05, 0.1) is 5.69 Å². The molecule has 2 heterocycles. The summed E-state index contributed by atoms with van der Waals surface area (Å²) in [7, 11) is 0. The van der Waals surface area contributed by atoms with Crippen LogP contribution in [0.5, 0.6) is 0 Å². The van der Waals surface area contributed by atoms with Gasteiger partial charge in [-0.1, -0.05) is 48.0 Å². The van der Waals surface area contributed by atoms with Gasteiger partial charge < -0.3 is 4.90 Å². The van der Waals surface area contributed by atoms with Gasteiger partial charge in [0.15, 0.2) is 5.82 Å². The molecule has 0 amide bonds. The summed E-state index contributed by atoms with van der Waals surface area (Å²) in [6.45, 7) is 1.70. The van der Waals surface area contributed by atoms with Crippen LogP contribution in [0.25, 0.3) is 5.69 Å². The number of hydrogen-bond acceptors (Lipinski definition) is 4. The number of anilines is 1. The topological polar surface area (TPSA) is 57.7 Å². The molecule has 5 nitrogen and oxygen atoms in total. The van der Waals surface area contributed by atoms with Crippen molar-refractivity contribution in [2.24, 2.45) is 0 Å². The van der Waals surface area contributed by atoms with Crippen LogP contribution in [-0.2, 0) is 0 Å². The largest absolute Gasteiger partial charge is 0.352 e. The number of nitriles is 1. The monoisotopic (exact) mass is 349 g/mol. The Morgan fingerprint density at radius 2 is 1.92 bits per heavy atom. The molecule has 0 bridgehead atoms. The van der Waals surface area contributed by atoms with Crippen molar-refractivity contribution in [3.8, 4) is 11.8 Å². The molecule has 2 aromatic carbocycles. The van der Waals surface area contributed by atoms with E-state index in [1.807, 2.05) is 18.2 Å². The lowest BCUT2D eigenvalue weighted by Crippen LogP contribution is -2.20. The molecule has 6 heteroatoms. The minimum atomic E-state index is 0.341. The summed E-state index contributed by atoms with van der Waals surface area (Å²) in [5.41, 5.74) is 2.41. The van der Waals surface area contributed by atoms with Crippen molar-refractivity contribution in [2.75, 3.05) is 18.0 Å². The van der Waals surface area contributed by atoms with Crippen molar-refractivity contribution in [1.29, 1.82) is 5.26 Å². The van der Waals surface area contributed by atoms with Gasteiger partial charge in [0, 0.05) is 24.0 Å². The van der Waals surface area contributed by atoms with Crippen molar-refractivity contribution in [3.63, 3.8) is 0 Å². The molecule has 0 aliphatic carbocycles. The highest BCUT2D eigenvalue weighted by molar-refractivity contribution is 6.30. The molecule has 1 aliphatic heterocycles. The second-order valence-electron chi connectivity index (χ2n) is 6.10. The summed E-state index contributed by atoms with van der Waals surface area (Å²) < 4.78 is 0. The van der Waals surface area contributed by atoms with Crippen LogP contribution in [0.2, 0.25) is 5.02 Å². The fourth-order valence-electron chi connectivity index (χ4n) is 3.25. The van der Waals surface area contributed by atoms with Crippen molar-refractivity contribution < 1.29 is 0 Å². The van der Waals surface area contributed by atoms with Gasteiger partial charge in [0.25, 0.3) is 0 Å². The molecule has 3 aromatic rings. The highest BCUT2D eigenvalue weighted by Crippen LogP contribution is 2.31. The molecular formula is C19H16ClN5. The van der Waals surface area contributed by atoms with Crippen LogP contribution in [0.15, 0.2) is 54.6 Å². The van der Waals surface area contributed by atoms with Crippen LogP contribution >= 0.6 is 11.6 Å². The first-order chi connectivity index (χ1) is 12.2. The average molecular weight is 350 g/mol. The summed E-state index contributed by atoms with van der Waals surface area (Å²) in [5.74, 6) is 1.09. The van der Waals surface area contributed by atoms with E-state index in [4.69, 9.17) is 11.6 Å². The van der Waals surface area contributed by atoms with Crippen LogP contribution in [0.4, 0.5) is 5.82 Å². The molecule has 0 radical (unpaired) electrons. The van der Waals surface area contributed by atoms with E-state index in [9.17, 15) is 5.26 Å². The fourth-order valence-corrected chi connectivity index (χ4v) is 3.43. The van der Waals surface area contributed by atoms with Crippen LogP contribution in [0.3, 0.4) is 0 Å². The Kier molecular flexibility index (Phi) is 4.12. The number of nitrogens with zero attached hydrogens (tertiary/aromatic N) is 5. The Morgan fingerprint density at radius 1 is 1.08 bits per heavy atom. The van der Waals surface area contributed by atoms with Gasteiger partial charge in [-0.2, -0.15) is 5.26 Å². The van der Waals surface area contributed by atoms with Crippen molar-refractivity contribution >= 4 is 17.4 Å². The minimum absolute atomic E-state index is 0.341. The molecule has 0 saturated carbocycles. The number of hydrogen-bond donors (Lipinski definition) is 0. The highest BCUT2D eigenvalue weighted by atomic mass is 35.5. The molecule has 0 N–H and O–H groups in total. The maximum absolute atomic E-state index is 9.46. The summed E-state index contributed by atoms with van der Waals surface area (Å²) in [4.78, 5) is 3.62. The molecular weight excluding hydrogens is 334 g/mol. The van der Waals surface area contributed by atoms with E-state index in [-0.39, 0.29) is 0 Å². The molecule has 4 rings (SSSR count). The second kappa shape index (κ2) is 6.58. The van der Waals surface area contributed by atoms with Gasteiger partial charge >= 0.3 is 0 Å². The van der Waals surface area contributed by atoms with Gasteiger partial charge in [0.2, 0.25) is 5.69 Å². The van der Waals surface area contributed by atoms with E-state index in [0.29, 0.717) is 22.5 Å². The third kappa shape index (κ3) is 3.09. The first-order valence-corrected chi connectivity index (χ1v) is 8.55. The van der Waals surface area contributed by atoms with Crippen LogP contribution < -0.4 is 4.90 Å². The minimum Gasteiger partial charge on any atom is -0.352 e. The smallest absolute Gasteiger partial charge is 0.207 e. The molecule has 0 unspecified atom stereocenters. The van der Waals surface area contributed by atoms with E-state index in [2.05, 4.69) is 45.4 Å². The molecule has 1 fully saturated rings. The molecule has 1 aromatic heterocycles. The Morgan fingerprint density at radius 3 is 2.68 bits per heavy atom. The molecule has 1 aliphatic rings. The molecule has 1 atom stereocenters. The van der Waals surface area contributed by atoms with E-state index < -0.39 is 0 Å². The fraction of sp³-hybridized carbons (Fsp3) is 0.211. The van der Waals surface area contributed by atoms with Crippen LogP contribution in [0, 0.1) is 11.3 Å². The van der Waals surface area contributed by atoms with E-state index >= 15 is 0 Å². The zero-order valence-corrected chi connectivity index (χ0v) is 14.3. The normalized spacial score (nSPS) is 16.8. The van der Waals surface area contributed by atoms with Gasteiger partial charge in [0.1, 0.15) is 6.07 Å². The van der Waals surface area contributed by atoms with Crippen LogP contribution in [-0.4, -0.2) is 28.1 Å². The zero-order chi connectivity index (χ0) is 17.2. The average Bonchev–Trinajstić information content (AvgIpc) is 3.29. The Hall–Kier alpha value is -2.84. The SMILES string of the molecule is N#Cc1nn(-c2cccc(Cl)c2)nc1N1CC[C@@H](c2ccccc2)C1. The lowest BCUT2D eigenvalue weighted by molar-refractivity contribution is 0.741. The first kappa shape index (κ1) is 15.7. The van der Waals surface area contributed by atoms with Crippen molar-refractivity contribution in [3.05, 3.63) is 70.9 Å². The number of rotatable bonds is 3. The van der Waals surface area contributed by atoms with Crippen molar-refractivity contribution in [2.45, 2.75) is 12.3 Å². The number of aromatic nitrogens is 3. The van der Waals surface area contributed by atoms with Crippen molar-refractivity contribution in [1.82, 2.24) is 15.0 Å². The lowest BCUT2D eigenvalue weighted by atomic mass is 9.99. The number of benzene rings is 2. The standard InChI is InChI=1S/C19H16ClN5/c20-16-7-4-8-17(11-16)25-22-18(12-21)19(23-25)24-10-9-15(13-24)14-5-2-1-3-6-14/h1-8,11,15H,9-10,13H2/t15-/m1/s1. The molecule has 25 heavy (non-hydrogen) atoms. The van der Waals surface area contributed by atoms with Gasteiger partial charge in [-0.3, -0.25) is 0 Å². The second-order valence-corrected chi connectivity index (χ2v) is 6.53. The Labute approximate surface area is 151 Å². The van der Waals surface area contributed by atoms with E-state index in [1.165, 1.54) is 10.4 Å². The zero-order valence-electron chi connectivity index (χ0n) is 13.5. The van der Waals surface area contributed by atoms with Gasteiger partial charge in [-0.25, -0.2) is 0 Å². The predicted molar refractivity (Wildman–Crippen MR) is 97.1 cm³/mol. The highest BCUT2D eigenvalue weighted by Gasteiger charge is 2.28.